The molecule has 1 aromatic carbocycles. The number of nitrogens with one attached hydrogen (secondary N) is 1. The van der Waals surface area contributed by atoms with E-state index in [1.165, 1.54) is 0 Å². The molecule has 3 rings (SSSR count). The number of imidazole rings is 1. The van der Waals surface area contributed by atoms with Crippen LogP contribution >= 0.6 is 11.6 Å². The first kappa shape index (κ1) is 12.7. The number of nitrogens with zero attached hydrogens (tertiary/aromatic N) is 2. The summed E-state index contributed by atoms with van der Waals surface area (Å²) in [6.07, 6.45) is 3.65. The van der Waals surface area contributed by atoms with Crippen molar-refractivity contribution >= 4 is 28.8 Å². The number of benzene rings is 1. The number of fused-ring (bicyclic) bond motifs is 1. The molecule has 1 N–H and O–H groups in total. The Balaban J connectivity index is 1.86. The number of pyridine rings is 1. The highest BCUT2D eigenvalue weighted by Crippen LogP contribution is 2.15. The molecule has 0 aliphatic heterocycles. The minimum absolute atomic E-state index is 0.166. The lowest BCUT2D eigenvalue weighted by molar-refractivity contribution is 0.102. The maximum absolute atomic E-state index is 12.2. The first-order chi connectivity index (χ1) is 9.61. The first-order valence-electron chi connectivity index (χ1n) is 6.14. The van der Waals surface area contributed by atoms with Crippen molar-refractivity contribution in [3.63, 3.8) is 0 Å². The summed E-state index contributed by atoms with van der Waals surface area (Å²) in [6, 6.07) is 10.6. The van der Waals surface area contributed by atoms with Gasteiger partial charge in [0.25, 0.3) is 5.91 Å². The van der Waals surface area contributed by atoms with Crippen LogP contribution in [0, 0.1) is 6.92 Å². The van der Waals surface area contributed by atoms with E-state index in [1.54, 1.807) is 36.5 Å². The predicted octanol–water partition coefficient (Wildman–Crippen LogP) is 3.55. The topological polar surface area (TPSA) is 46.4 Å². The third-order valence-electron chi connectivity index (χ3n) is 2.94. The molecule has 100 valence electrons. The second-order valence-electron chi connectivity index (χ2n) is 4.53. The molecule has 3 aromatic rings. The summed E-state index contributed by atoms with van der Waals surface area (Å²) < 4.78 is 1.84. The number of amides is 1. The molecule has 0 bridgehead atoms. The van der Waals surface area contributed by atoms with Crippen LogP contribution in [0.25, 0.3) is 5.65 Å². The molecule has 0 aliphatic carbocycles. The van der Waals surface area contributed by atoms with E-state index >= 15 is 0 Å². The number of rotatable bonds is 2. The van der Waals surface area contributed by atoms with Crippen molar-refractivity contribution in [2.45, 2.75) is 6.92 Å². The minimum atomic E-state index is -0.166. The summed E-state index contributed by atoms with van der Waals surface area (Å²) >= 11 is 5.81. The largest absolute Gasteiger partial charge is 0.322 e. The number of carbonyl (C=O) groups excluding carboxylic acids is 1. The van der Waals surface area contributed by atoms with Crippen molar-refractivity contribution in [1.82, 2.24) is 9.38 Å². The molecule has 0 saturated carbocycles. The third-order valence-corrected chi connectivity index (χ3v) is 3.19. The molecule has 0 atom stereocenters. The van der Waals surface area contributed by atoms with Crippen molar-refractivity contribution in [2.24, 2.45) is 0 Å². The standard InChI is InChI=1S/C15H12ClN3O/c1-10-8-19-9-11(2-7-14(19)17-10)15(20)18-13-5-3-12(16)4-6-13/h2-9H,1H3,(H,18,20). The summed E-state index contributed by atoms with van der Waals surface area (Å²) in [5, 5.41) is 3.46. The molecule has 1 amide bonds. The monoisotopic (exact) mass is 285 g/mol. The highest BCUT2D eigenvalue weighted by Gasteiger charge is 2.08. The predicted molar refractivity (Wildman–Crippen MR) is 79.3 cm³/mol. The zero-order valence-corrected chi connectivity index (χ0v) is 11.6. The van der Waals surface area contributed by atoms with Gasteiger partial charge >= 0.3 is 0 Å². The van der Waals surface area contributed by atoms with Crippen LogP contribution in [0.5, 0.6) is 0 Å². The zero-order valence-electron chi connectivity index (χ0n) is 10.8. The second-order valence-corrected chi connectivity index (χ2v) is 4.96. The van der Waals surface area contributed by atoms with Gasteiger partial charge in [0.2, 0.25) is 0 Å². The van der Waals surface area contributed by atoms with Gasteiger partial charge in [-0.2, -0.15) is 0 Å². The summed E-state index contributed by atoms with van der Waals surface area (Å²) in [5.41, 5.74) is 3.02. The summed E-state index contributed by atoms with van der Waals surface area (Å²) in [7, 11) is 0. The molecule has 2 aromatic heterocycles. The molecule has 0 aliphatic rings. The maximum Gasteiger partial charge on any atom is 0.257 e. The lowest BCUT2D eigenvalue weighted by Crippen LogP contribution is -2.12. The van der Waals surface area contributed by atoms with Crippen molar-refractivity contribution in [1.29, 1.82) is 0 Å². The fourth-order valence-electron chi connectivity index (χ4n) is 1.99. The number of hydrogen-bond donors (Lipinski definition) is 1. The van der Waals surface area contributed by atoms with Gasteiger partial charge in [0.15, 0.2) is 0 Å². The van der Waals surface area contributed by atoms with Crippen molar-refractivity contribution in [3.05, 3.63) is 65.1 Å². The minimum Gasteiger partial charge on any atom is -0.322 e. The van der Waals surface area contributed by atoms with Crippen LogP contribution in [0.15, 0.2) is 48.8 Å². The van der Waals surface area contributed by atoms with E-state index in [9.17, 15) is 4.79 Å². The van der Waals surface area contributed by atoms with E-state index < -0.39 is 0 Å². The molecule has 2 heterocycles. The van der Waals surface area contributed by atoms with E-state index in [-0.39, 0.29) is 5.91 Å². The van der Waals surface area contributed by atoms with Crippen LogP contribution in [-0.2, 0) is 0 Å². The third kappa shape index (κ3) is 2.51. The van der Waals surface area contributed by atoms with Gasteiger partial charge in [0.1, 0.15) is 5.65 Å². The van der Waals surface area contributed by atoms with Crippen LogP contribution in [0.3, 0.4) is 0 Å². The van der Waals surface area contributed by atoms with Gasteiger partial charge in [-0.1, -0.05) is 11.6 Å². The molecule has 0 spiro atoms. The van der Waals surface area contributed by atoms with E-state index in [4.69, 9.17) is 11.6 Å². The molecule has 4 nitrogen and oxygen atoms in total. The Hall–Kier alpha value is -2.33. The van der Waals surface area contributed by atoms with Gasteiger partial charge in [-0.15, -0.1) is 0 Å². The fourth-order valence-corrected chi connectivity index (χ4v) is 2.12. The van der Waals surface area contributed by atoms with E-state index in [0.29, 0.717) is 16.3 Å². The molecule has 0 saturated heterocycles. The van der Waals surface area contributed by atoms with Crippen molar-refractivity contribution in [3.8, 4) is 0 Å². The van der Waals surface area contributed by atoms with Gasteiger partial charge < -0.3 is 9.72 Å². The molecule has 0 fully saturated rings. The lowest BCUT2D eigenvalue weighted by atomic mass is 10.2. The van der Waals surface area contributed by atoms with Crippen LogP contribution in [0.1, 0.15) is 16.1 Å². The van der Waals surface area contributed by atoms with Crippen LogP contribution in [0.4, 0.5) is 5.69 Å². The van der Waals surface area contributed by atoms with Gasteiger partial charge in [0.05, 0.1) is 11.3 Å². The second kappa shape index (κ2) is 4.98. The summed E-state index contributed by atoms with van der Waals surface area (Å²) in [5.74, 6) is -0.166. The highest BCUT2D eigenvalue weighted by atomic mass is 35.5. The number of aryl methyl sites for hydroxylation is 1. The number of aromatic nitrogens is 2. The molecule has 20 heavy (non-hydrogen) atoms. The zero-order chi connectivity index (χ0) is 14.1. The number of anilines is 1. The Bertz CT molecular complexity index is 777. The SMILES string of the molecule is Cc1cn2cc(C(=O)Nc3ccc(Cl)cc3)ccc2n1. The number of hydrogen-bond acceptors (Lipinski definition) is 2. The summed E-state index contributed by atoms with van der Waals surface area (Å²) in [4.78, 5) is 16.5. The Labute approximate surface area is 121 Å². The van der Waals surface area contributed by atoms with E-state index in [0.717, 1.165) is 11.3 Å². The average molecular weight is 286 g/mol. The average Bonchev–Trinajstić information content (AvgIpc) is 2.80. The van der Waals surface area contributed by atoms with Crippen LogP contribution in [-0.4, -0.2) is 15.3 Å². The van der Waals surface area contributed by atoms with E-state index in [1.807, 2.05) is 23.6 Å². The highest BCUT2D eigenvalue weighted by molar-refractivity contribution is 6.30. The van der Waals surface area contributed by atoms with Crippen LogP contribution in [0.2, 0.25) is 5.02 Å². The Morgan fingerprint density at radius 1 is 1.15 bits per heavy atom. The first-order valence-corrected chi connectivity index (χ1v) is 6.52. The van der Waals surface area contributed by atoms with Gasteiger partial charge in [-0.3, -0.25) is 4.79 Å². The normalized spacial score (nSPS) is 10.7. The van der Waals surface area contributed by atoms with Crippen molar-refractivity contribution < 1.29 is 4.79 Å². The van der Waals surface area contributed by atoms with Gasteiger partial charge in [-0.25, -0.2) is 4.98 Å². The number of halogens is 1. The van der Waals surface area contributed by atoms with Gasteiger partial charge in [0, 0.05) is 23.1 Å². The van der Waals surface area contributed by atoms with Gasteiger partial charge in [-0.05, 0) is 43.3 Å². The molecule has 0 radical (unpaired) electrons. The smallest absolute Gasteiger partial charge is 0.257 e. The molecular formula is C15H12ClN3O. The molecular weight excluding hydrogens is 274 g/mol. The van der Waals surface area contributed by atoms with Crippen molar-refractivity contribution in [2.75, 3.05) is 5.32 Å². The quantitative estimate of drug-likeness (QED) is 0.783. The maximum atomic E-state index is 12.2. The van der Waals surface area contributed by atoms with E-state index in [2.05, 4.69) is 10.3 Å². The Kier molecular flexibility index (Phi) is 3.16. The molecule has 5 heteroatoms. The lowest BCUT2D eigenvalue weighted by Gasteiger charge is -2.05. The van der Waals surface area contributed by atoms with Crippen LogP contribution < -0.4 is 5.32 Å². The Morgan fingerprint density at radius 3 is 2.65 bits per heavy atom. The summed E-state index contributed by atoms with van der Waals surface area (Å²) in [6.45, 7) is 1.92. The Morgan fingerprint density at radius 2 is 1.90 bits per heavy atom. The molecule has 0 unspecified atom stereocenters. The fraction of sp³-hybridized carbons (Fsp3) is 0.0667. The number of carbonyl (C=O) groups is 1.